The van der Waals surface area contributed by atoms with Gasteiger partial charge >= 0.3 is 0 Å². The van der Waals surface area contributed by atoms with Crippen LogP contribution in [-0.4, -0.2) is 54.4 Å². The zero-order valence-electron chi connectivity index (χ0n) is 14.6. The van der Waals surface area contributed by atoms with E-state index in [4.69, 9.17) is 11.6 Å². The van der Waals surface area contributed by atoms with Crippen molar-refractivity contribution < 1.29 is 13.2 Å². The summed E-state index contributed by atoms with van der Waals surface area (Å²) in [4.78, 5) is 14.1. The Bertz CT molecular complexity index is 893. The number of carbonyl (C=O) groups is 1. The molecule has 1 aliphatic rings. The Hall–Kier alpha value is -1.90. The van der Waals surface area contributed by atoms with Crippen molar-refractivity contribution in [2.45, 2.75) is 30.2 Å². The van der Waals surface area contributed by atoms with Crippen LogP contribution in [-0.2, 0) is 10.0 Å². The molecule has 2 aromatic rings. The van der Waals surface area contributed by atoms with E-state index in [1.54, 1.807) is 26.2 Å². The predicted molar refractivity (Wildman–Crippen MR) is 98.5 cm³/mol. The molecule has 0 unspecified atom stereocenters. The second-order valence-corrected chi connectivity index (χ2v) is 8.81. The van der Waals surface area contributed by atoms with Crippen molar-refractivity contribution in [3.8, 4) is 0 Å². The van der Waals surface area contributed by atoms with Gasteiger partial charge in [-0.1, -0.05) is 18.0 Å². The molecule has 0 spiro atoms. The molecule has 1 fully saturated rings. The van der Waals surface area contributed by atoms with Gasteiger partial charge in [-0.15, -0.1) is 0 Å². The Morgan fingerprint density at radius 1 is 1.27 bits per heavy atom. The van der Waals surface area contributed by atoms with Crippen LogP contribution in [0.4, 0.5) is 0 Å². The van der Waals surface area contributed by atoms with Crippen LogP contribution < -0.4 is 0 Å². The van der Waals surface area contributed by atoms with Crippen LogP contribution in [0.15, 0.2) is 35.4 Å². The molecular formula is C17H21ClN4O3S. The Morgan fingerprint density at radius 2 is 1.96 bits per heavy atom. The number of amides is 1. The zero-order valence-corrected chi connectivity index (χ0v) is 16.2. The molecule has 0 saturated carbocycles. The zero-order chi connectivity index (χ0) is 18.9. The highest BCUT2D eigenvalue weighted by molar-refractivity contribution is 7.89. The molecule has 0 radical (unpaired) electrons. The quantitative estimate of drug-likeness (QED) is 0.860. The van der Waals surface area contributed by atoms with E-state index >= 15 is 0 Å². The van der Waals surface area contributed by atoms with E-state index in [0.717, 1.165) is 12.8 Å². The van der Waals surface area contributed by atoms with Crippen LogP contribution >= 0.6 is 11.6 Å². The van der Waals surface area contributed by atoms with Gasteiger partial charge in [-0.25, -0.2) is 8.42 Å². The van der Waals surface area contributed by atoms with Gasteiger partial charge < -0.3 is 4.90 Å². The molecule has 9 heteroatoms. The number of carbonyl (C=O) groups excluding carboxylic acids is 1. The summed E-state index contributed by atoms with van der Waals surface area (Å²) in [5.74, 6) is -0.205. The van der Waals surface area contributed by atoms with Gasteiger partial charge in [-0.05, 0) is 37.1 Å². The number of aromatic amines is 1. The lowest BCUT2D eigenvalue weighted by Gasteiger charge is -2.34. The molecule has 7 nitrogen and oxygen atoms in total. The average molecular weight is 397 g/mol. The number of nitrogens with zero attached hydrogens (tertiary/aromatic N) is 3. The first kappa shape index (κ1) is 18.9. The Morgan fingerprint density at radius 3 is 2.62 bits per heavy atom. The summed E-state index contributed by atoms with van der Waals surface area (Å²) in [7, 11) is -0.405. The summed E-state index contributed by atoms with van der Waals surface area (Å²) in [6.45, 7) is 0.393. The fourth-order valence-electron chi connectivity index (χ4n) is 3.18. The third kappa shape index (κ3) is 3.49. The van der Waals surface area contributed by atoms with Gasteiger partial charge in [0.05, 0.1) is 28.4 Å². The van der Waals surface area contributed by atoms with Gasteiger partial charge in [0.25, 0.3) is 5.91 Å². The van der Waals surface area contributed by atoms with Gasteiger partial charge in [0, 0.05) is 25.7 Å². The molecule has 1 aliphatic heterocycles. The first-order chi connectivity index (χ1) is 12.3. The van der Waals surface area contributed by atoms with E-state index < -0.39 is 16.1 Å². The van der Waals surface area contributed by atoms with E-state index in [1.165, 1.54) is 27.5 Å². The van der Waals surface area contributed by atoms with Crippen molar-refractivity contribution >= 4 is 27.5 Å². The van der Waals surface area contributed by atoms with Gasteiger partial charge in [0.15, 0.2) is 0 Å². The molecule has 1 aromatic heterocycles. The van der Waals surface area contributed by atoms with E-state index in [1.807, 2.05) is 0 Å². The van der Waals surface area contributed by atoms with Crippen molar-refractivity contribution in [3.63, 3.8) is 0 Å². The molecule has 26 heavy (non-hydrogen) atoms. The van der Waals surface area contributed by atoms with Crippen LogP contribution in [0.3, 0.4) is 0 Å². The van der Waals surface area contributed by atoms with Gasteiger partial charge in [-0.3, -0.25) is 9.89 Å². The topological polar surface area (TPSA) is 86.4 Å². The highest BCUT2D eigenvalue weighted by atomic mass is 35.5. The van der Waals surface area contributed by atoms with E-state index in [0.29, 0.717) is 29.2 Å². The van der Waals surface area contributed by atoms with E-state index in [2.05, 4.69) is 10.2 Å². The first-order valence-corrected chi connectivity index (χ1v) is 10.2. The summed E-state index contributed by atoms with van der Waals surface area (Å²) < 4.78 is 27.8. The Balaban J connectivity index is 2.01. The number of sulfonamides is 1. The molecule has 1 amide bonds. The van der Waals surface area contributed by atoms with Crippen molar-refractivity contribution in [1.29, 1.82) is 0 Å². The standard InChI is InChI=1S/C17H21ClN4O3S/c1-21(2)17(23)14-11-19-20-16(14)15-5-3-4-10-22(15)26(24,25)13-8-6-12(18)7-9-13/h6-9,11,15H,3-5,10H2,1-2H3,(H,19,20)/t15-/m0/s1. The molecule has 1 N–H and O–H groups in total. The second kappa shape index (κ2) is 7.38. The maximum absolute atomic E-state index is 13.2. The highest BCUT2D eigenvalue weighted by Gasteiger charge is 2.37. The van der Waals surface area contributed by atoms with Crippen molar-refractivity contribution in [2.75, 3.05) is 20.6 Å². The number of H-pyrrole nitrogens is 1. The lowest BCUT2D eigenvalue weighted by molar-refractivity contribution is 0.0824. The maximum atomic E-state index is 13.2. The monoisotopic (exact) mass is 396 g/mol. The molecule has 140 valence electrons. The maximum Gasteiger partial charge on any atom is 0.256 e. The van der Waals surface area contributed by atoms with Crippen molar-refractivity contribution in [1.82, 2.24) is 19.4 Å². The molecular weight excluding hydrogens is 376 g/mol. The first-order valence-electron chi connectivity index (χ1n) is 8.34. The number of hydrogen-bond donors (Lipinski definition) is 1. The van der Waals surface area contributed by atoms with Crippen LogP contribution in [0.1, 0.15) is 41.4 Å². The Labute approximate surface area is 158 Å². The van der Waals surface area contributed by atoms with Crippen LogP contribution in [0.2, 0.25) is 5.02 Å². The number of rotatable bonds is 4. The SMILES string of the molecule is CN(C)C(=O)c1cn[nH]c1[C@@H]1CCCCN1S(=O)(=O)c1ccc(Cl)cc1. The minimum atomic E-state index is -3.71. The van der Waals surface area contributed by atoms with E-state index in [-0.39, 0.29) is 10.8 Å². The smallest absolute Gasteiger partial charge is 0.256 e. The highest BCUT2D eigenvalue weighted by Crippen LogP contribution is 2.36. The van der Waals surface area contributed by atoms with E-state index in [9.17, 15) is 13.2 Å². The minimum absolute atomic E-state index is 0.189. The summed E-state index contributed by atoms with van der Waals surface area (Å²) >= 11 is 5.88. The second-order valence-electron chi connectivity index (χ2n) is 6.48. The largest absolute Gasteiger partial charge is 0.345 e. The molecule has 0 aliphatic carbocycles. The third-order valence-corrected chi connectivity index (χ3v) is 6.69. The average Bonchev–Trinajstić information content (AvgIpc) is 3.10. The number of hydrogen-bond acceptors (Lipinski definition) is 4. The lowest BCUT2D eigenvalue weighted by Crippen LogP contribution is -2.39. The molecule has 0 bridgehead atoms. The van der Waals surface area contributed by atoms with Gasteiger partial charge in [0.1, 0.15) is 0 Å². The summed E-state index contributed by atoms with van der Waals surface area (Å²) in [5, 5.41) is 7.32. The van der Waals surface area contributed by atoms with Crippen molar-refractivity contribution in [3.05, 3.63) is 46.7 Å². The summed E-state index contributed by atoms with van der Waals surface area (Å²) in [6, 6.07) is 5.67. The minimum Gasteiger partial charge on any atom is -0.345 e. The molecule has 1 aromatic carbocycles. The summed E-state index contributed by atoms with van der Waals surface area (Å²) in [6.07, 6.45) is 3.74. The van der Waals surface area contributed by atoms with Crippen molar-refractivity contribution in [2.24, 2.45) is 0 Å². The number of benzene rings is 1. The fraction of sp³-hybridized carbons (Fsp3) is 0.412. The number of aromatic nitrogens is 2. The van der Waals surface area contributed by atoms with Gasteiger partial charge in [0.2, 0.25) is 10.0 Å². The van der Waals surface area contributed by atoms with Crippen LogP contribution in [0.25, 0.3) is 0 Å². The molecule has 1 saturated heterocycles. The third-order valence-electron chi connectivity index (χ3n) is 4.51. The molecule has 2 heterocycles. The molecule has 1 atom stereocenters. The van der Waals surface area contributed by atoms with Crippen LogP contribution in [0, 0.1) is 0 Å². The summed E-state index contributed by atoms with van der Waals surface area (Å²) in [5.41, 5.74) is 0.944. The number of nitrogens with one attached hydrogen (secondary N) is 1. The number of halogens is 1. The fourth-order valence-corrected chi connectivity index (χ4v) is 4.98. The number of piperidine rings is 1. The Kier molecular flexibility index (Phi) is 5.36. The predicted octanol–water partition coefficient (Wildman–Crippen LogP) is 2.68. The van der Waals surface area contributed by atoms with Gasteiger partial charge in [-0.2, -0.15) is 9.40 Å². The van der Waals surface area contributed by atoms with Crippen LogP contribution in [0.5, 0.6) is 0 Å². The lowest BCUT2D eigenvalue weighted by atomic mass is 9.99. The molecule has 3 rings (SSSR count). The normalized spacial score (nSPS) is 18.7.